The number of hydrogen-bond donors (Lipinski definition) is 1. The summed E-state index contributed by atoms with van der Waals surface area (Å²) in [4.78, 5) is 10.5. The van der Waals surface area contributed by atoms with Gasteiger partial charge in [-0.1, -0.05) is 18.2 Å². The summed E-state index contributed by atoms with van der Waals surface area (Å²) in [6, 6.07) is 13.9. The Balaban J connectivity index is 1.81. The lowest BCUT2D eigenvalue weighted by atomic mass is 10.2. The summed E-state index contributed by atoms with van der Waals surface area (Å²) < 4.78 is 5.48. The SMILES string of the molecule is COc1cc(C)ccc1NC(=S)N(Cc1cccnc1)Cc1cccnc1. The molecular weight excluding hydrogens is 356 g/mol. The molecule has 0 radical (unpaired) electrons. The first-order valence-corrected chi connectivity index (χ1v) is 9.05. The van der Waals surface area contributed by atoms with E-state index in [1.807, 2.05) is 61.8 Å². The van der Waals surface area contributed by atoms with Gasteiger partial charge in [-0.05, 0) is 60.1 Å². The molecule has 0 fully saturated rings. The molecule has 1 N–H and O–H groups in total. The first-order chi connectivity index (χ1) is 13.2. The molecule has 6 heteroatoms. The lowest BCUT2D eigenvalue weighted by Crippen LogP contribution is -2.34. The summed E-state index contributed by atoms with van der Waals surface area (Å²) in [7, 11) is 1.66. The van der Waals surface area contributed by atoms with E-state index in [1.54, 1.807) is 19.5 Å². The Kier molecular flexibility index (Phi) is 6.33. The molecule has 0 bridgehead atoms. The van der Waals surface area contributed by atoms with Crippen LogP contribution in [0.2, 0.25) is 0 Å². The highest BCUT2D eigenvalue weighted by atomic mass is 32.1. The van der Waals surface area contributed by atoms with E-state index in [0.717, 1.165) is 28.1 Å². The van der Waals surface area contributed by atoms with E-state index in [4.69, 9.17) is 17.0 Å². The van der Waals surface area contributed by atoms with Crippen molar-refractivity contribution in [2.75, 3.05) is 12.4 Å². The predicted molar refractivity (Wildman–Crippen MR) is 112 cm³/mol. The second-order valence-corrected chi connectivity index (χ2v) is 6.60. The number of nitrogens with zero attached hydrogens (tertiary/aromatic N) is 3. The van der Waals surface area contributed by atoms with Crippen LogP contribution in [0.3, 0.4) is 0 Å². The molecule has 3 rings (SSSR count). The Bertz CT molecular complexity index is 846. The lowest BCUT2D eigenvalue weighted by molar-refractivity contribution is 0.408. The number of methoxy groups -OCH3 is 1. The second-order valence-electron chi connectivity index (χ2n) is 6.21. The van der Waals surface area contributed by atoms with Gasteiger partial charge in [0.25, 0.3) is 0 Å². The molecule has 3 aromatic rings. The molecule has 0 saturated heterocycles. The maximum atomic E-state index is 5.71. The number of pyridine rings is 2. The number of ether oxygens (including phenoxy) is 1. The predicted octanol–water partition coefficient (Wildman–Crippen LogP) is 4.19. The van der Waals surface area contributed by atoms with Gasteiger partial charge in [-0.15, -0.1) is 0 Å². The van der Waals surface area contributed by atoms with Crippen LogP contribution in [0.4, 0.5) is 5.69 Å². The Morgan fingerprint density at radius 3 is 2.19 bits per heavy atom. The molecule has 5 nitrogen and oxygen atoms in total. The Morgan fingerprint density at radius 1 is 1.04 bits per heavy atom. The van der Waals surface area contributed by atoms with Gasteiger partial charge in [-0.2, -0.15) is 0 Å². The summed E-state index contributed by atoms with van der Waals surface area (Å²) in [5, 5.41) is 3.94. The molecule has 0 amide bonds. The van der Waals surface area contributed by atoms with Crippen molar-refractivity contribution in [3.05, 3.63) is 83.9 Å². The van der Waals surface area contributed by atoms with Gasteiger partial charge in [0.2, 0.25) is 0 Å². The Hall–Kier alpha value is -2.99. The summed E-state index contributed by atoms with van der Waals surface area (Å²) in [5.41, 5.74) is 4.14. The molecule has 1 aromatic carbocycles. The number of aromatic nitrogens is 2. The second kappa shape index (κ2) is 9.09. The number of anilines is 1. The summed E-state index contributed by atoms with van der Waals surface area (Å²) >= 11 is 5.71. The summed E-state index contributed by atoms with van der Waals surface area (Å²) in [6.45, 7) is 3.31. The van der Waals surface area contributed by atoms with E-state index in [9.17, 15) is 0 Å². The highest BCUT2D eigenvalue weighted by Gasteiger charge is 2.14. The third-order valence-corrected chi connectivity index (χ3v) is 4.44. The average molecular weight is 379 g/mol. The van der Waals surface area contributed by atoms with E-state index >= 15 is 0 Å². The number of thiocarbonyl (C=S) groups is 1. The molecule has 27 heavy (non-hydrogen) atoms. The van der Waals surface area contributed by atoms with Gasteiger partial charge in [-0.3, -0.25) is 9.97 Å². The van der Waals surface area contributed by atoms with Crippen LogP contribution in [0.25, 0.3) is 0 Å². The Labute approximate surface area is 165 Å². The minimum atomic E-state index is 0.616. The van der Waals surface area contributed by atoms with Gasteiger partial charge < -0.3 is 15.0 Å². The molecule has 138 valence electrons. The summed E-state index contributed by atoms with van der Waals surface area (Å²) in [6.07, 6.45) is 7.24. The molecule has 0 aliphatic carbocycles. The van der Waals surface area contributed by atoms with Crippen LogP contribution >= 0.6 is 12.2 Å². The van der Waals surface area contributed by atoms with Gasteiger partial charge in [0.05, 0.1) is 12.8 Å². The maximum Gasteiger partial charge on any atom is 0.174 e. The molecule has 0 aliphatic rings. The number of aryl methyl sites for hydroxylation is 1. The summed E-state index contributed by atoms with van der Waals surface area (Å²) in [5.74, 6) is 0.764. The quantitative estimate of drug-likeness (QED) is 0.649. The topological polar surface area (TPSA) is 50.3 Å². The van der Waals surface area contributed by atoms with Crippen LogP contribution < -0.4 is 10.1 Å². The van der Waals surface area contributed by atoms with Crippen molar-refractivity contribution in [3.63, 3.8) is 0 Å². The largest absolute Gasteiger partial charge is 0.495 e. The normalized spacial score (nSPS) is 10.3. The fourth-order valence-electron chi connectivity index (χ4n) is 2.72. The first kappa shape index (κ1) is 18.8. The molecule has 2 aromatic heterocycles. The highest BCUT2D eigenvalue weighted by Crippen LogP contribution is 2.26. The van der Waals surface area contributed by atoms with Crippen molar-refractivity contribution in [2.24, 2.45) is 0 Å². The zero-order valence-electron chi connectivity index (χ0n) is 15.4. The zero-order valence-corrected chi connectivity index (χ0v) is 16.2. The molecule has 0 atom stereocenters. The zero-order chi connectivity index (χ0) is 19.1. The van der Waals surface area contributed by atoms with Crippen LogP contribution in [0.1, 0.15) is 16.7 Å². The standard InChI is InChI=1S/C21H22N4OS/c1-16-7-8-19(20(11-16)26-2)24-21(27)25(14-17-5-3-9-22-12-17)15-18-6-4-10-23-13-18/h3-13H,14-15H2,1-2H3,(H,24,27). The van der Waals surface area contributed by atoms with Gasteiger partial charge >= 0.3 is 0 Å². The van der Waals surface area contributed by atoms with Crippen LogP contribution in [-0.4, -0.2) is 27.1 Å². The minimum absolute atomic E-state index is 0.616. The fraction of sp³-hybridized carbons (Fsp3) is 0.190. The van der Waals surface area contributed by atoms with E-state index in [2.05, 4.69) is 20.2 Å². The van der Waals surface area contributed by atoms with Gasteiger partial charge in [-0.25, -0.2) is 0 Å². The fourth-order valence-corrected chi connectivity index (χ4v) is 2.96. The highest BCUT2D eigenvalue weighted by molar-refractivity contribution is 7.80. The van der Waals surface area contributed by atoms with Crippen LogP contribution in [0.15, 0.2) is 67.3 Å². The van der Waals surface area contributed by atoms with Crippen molar-refractivity contribution >= 4 is 23.0 Å². The maximum absolute atomic E-state index is 5.71. The van der Waals surface area contributed by atoms with Gasteiger partial charge in [0.15, 0.2) is 5.11 Å². The van der Waals surface area contributed by atoms with Gasteiger partial charge in [0, 0.05) is 37.9 Å². The first-order valence-electron chi connectivity index (χ1n) is 8.64. The van der Waals surface area contributed by atoms with Crippen molar-refractivity contribution in [1.82, 2.24) is 14.9 Å². The van der Waals surface area contributed by atoms with Crippen molar-refractivity contribution < 1.29 is 4.74 Å². The lowest BCUT2D eigenvalue weighted by Gasteiger charge is -2.26. The minimum Gasteiger partial charge on any atom is -0.495 e. The van der Waals surface area contributed by atoms with Crippen LogP contribution in [0.5, 0.6) is 5.75 Å². The van der Waals surface area contributed by atoms with E-state index in [-0.39, 0.29) is 0 Å². The van der Waals surface area contributed by atoms with Crippen molar-refractivity contribution in [3.8, 4) is 5.75 Å². The monoisotopic (exact) mass is 378 g/mol. The smallest absolute Gasteiger partial charge is 0.174 e. The molecule has 0 aliphatic heterocycles. The van der Waals surface area contributed by atoms with Crippen molar-refractivity contribution in [2.45, 2.75) is 20.0 Å². The number of benzene rings is 1. The molecule has 0 unspecified atom stereocenters. The number of rotatable bonds is 6. The van der Waals surface area contributed by atoms with Crippen molar-refractivity contribution in [1.29, 1.82) is 0 Å². The molecule has 0 spiro atoms. The number of hydrogen-bond acceptors (Lipinski definition) is 4. The molecule has 0 saturated carbocycles. The third kappa shape index (κ3) is 5.24. The molecule has 2 heterocycles. The Morgan fingerprint density at radius 2 is 1.67 bits per heavy atom. The average Bonchev–Trinajstić information content (AvgIpc) is 2.70. The number of nitrogens with one attached hydrogen (secondary N) is 1. The third-order valence-electron chi connectivity index (χ3n) is 4.08. The van der Waals surface area contributed by atoms with E-state index in [0.29, 0.717) is 18.2 Å². The molecular formula is C21H22N4OS. The van der Waals surface area contributed by atoms with Crippen LogP contribution in [0, 0.1) is 6.92 Å². The van der Waals surface area contributed by atoms with E-state index in [1.165, 1.54) is 0 Å². The van der Waals surface area contributed by atoms with Gasteiger partial charge in [0.1, 0.15) is 5.75 Å². The van der Waals surface area contributed by atoms with Crippen LogP contribution in [-0.2, 0) is 13.1 Å². The van der Waals surface area contributed by atoms with E-state index < -0.39 is 0 Å².